The molecule has 442 valence electrons. The third-order valence-corrected chi connectivity index (χ3v) is 17.4. The van der Waals surface area contributed by atoms with Crippen molar-refractivity contribution in [1.82, 2.24) is 10.6 Å². The van der Waals surface area contributed by atoms with E-state index in [1.807, 2.05) is 0 Å². The molecule has 0 radical (unpaired) electrons. The molecular formula is C58H105N3O14S. The van der Waals surface area contributed by atoms with E-state index in [2.05, 4.69) is 57.9 Å². The van der Waals surface area contributed by atoms with Crippen molar-refractivity contribution >= 4 is 23.6 Å². The first-order chi connectivity index (χ1) is 36.9. The summed E-state index contributed by atoms with van der Waals surface area (Å²) in [5.41, 5.74) is 7.90. The maximum atomic E-state index is 11.9. The Morgan fingerprint density at radius 1 is 0.645 bits per heavy atom. The summed E-state index contributed by atoms with van der Waals surface area (Å²) in [6.45, 7) is 28.2. The minimum Gasteiger partial charge on any atom is -0.377 e. The largest absolute Gasteiger partial charge is 0.377 e. The van der Waals surface area contributed by atoms with Crippen molar-refractivity contribution in [2.45, 2.75) is 117 Å². The molecule has 8 unspecified atom stereocenters. The summed E-state index contributed by atoms with van der Waals surface area (Å²) in [5, 5.41) is 5.52. The number of carbonyl (C=O) groups is 2. The molecule has 4 rings (SSSR count). The Labute approximate surface area is 462 Å². The molecule has 3 fully saturated rings. The molecule has 9 atom stereocenters. The topological polar surface area (TPSA) is 195 Å². The second-order valence-corrected chi connectivity index (χ2v) is 23.1. The van der Waals surface area contributed by atoms with E-state index in [1.165, 1.54) is 69.5 Å². The number of thioether (sulfide) groups is 1. The van der Waals surface area contributed by atoms with Crippen LogP contribution in [0, 0.1) is 46.3 Å². The Morgan fingerprint density at radius 2 is 1.12 bits per heavy atom. The summed E-state index contributed by atoms with van der Waals surface area (Å²) in [7, 11) is 1.61. The molecule has 0 aromatic carbocycles. The average Bonchev–Trinajstić information content (AvgIpc) is 3.84. The molecule has 0 aromatic rings. The lowest BCUT2D eigenvalue weighted by Crippen LogP contribution is -2.51. The quantitative estimate of drug-likeness (QED) is 0.0415. The number of nitrogens with one attached hydrogen (secondary N) is 2. The van der Waals surface area contributed by atoms with Crippen LogP contribution in [0.5, 0.6) is 0 Å². The van der Waals surface area contributed by atoms with E-state index in [-0.39, 0.29) is 11.7 Å². The highest BCUT2D eigenvalue weighted by Crippen LogP contribution is 2.67. The Bertz CT molecular complexity index is 1600. The SMILES string of the molecule is C=C(SCC(=O)NCCOCCOCCOCCOCCOCCOCCOCCOCCOCCOCCOCCOC1CCC2(C)C(=CCC3C2CCC2(C)C(C(C)CCCC(C)C)CCC32)C1)[C@H](NC)C(N)=O. The van der Waals surface area contributed by atoms with Crippen LogP contribution < -0.4 is 16.4 Å². The summed E-state index contributed by atoms with van der Waals surface area (Å²) in [6, 6.07) is -0.676. The van der Waals surface area contributed by atoms with E-state index in [0.717, 1.165) is 48.3 Å². The van der Waals surface area contributed by atoms with Gasteiger partial charge in [-0.2, -0.15) is 0 Å². The fourth-order valence-corrected chi connectivity index (χ4v) is 13.2. The van der Waals surface area contributed by atoms with Crippen molar-refractivity contribution in [3.05, 3.63) is 23.1 Å². The summed E-state index contributed by atoms with van der Waals surface area (Å²) >= 11 is 1.17. The van der Waals surface area contributed by atoms with E-state index in [1.54, 1.807) is 12.6 Å². The summed E-state index contributed by atoms with van der Waals surface area (Å²) in [5.74, 6) is 4.67. The maximum absolute atomic E-state index is 11.9. The summed E-state index contributed by atoms with van der Waals surface area (Å²) in [6.07, 6.45) is 17.8. The number of ether oxygens (including phenoxy) is 12. The van der Waals surface area contributed by atoms with Crippen LogP contribution in [0.1, 0.15) is 105 Å². The first kappa shape index (κ1) is 66.8. The lowest BCUT2D eigenvalue weighted by atomic mass is 9.47. The molecule has 0 bridgehead atoms. The predicted octanol–water partition coefficient (Wildman–Crippen LogP) is 7.03. The second-order valence-electron chi connectivity index (χ2n) is 22.0. The molecule has 18 heteroatoms. The van der Waals surface area contributed by atoms with Gasteiger partial charge in [-0.15, -0.1) is 11.8 Å². The predicted molar refractivity (Wildman–Crippen MR) is 298 cm³/mol. The van der Waals surface area contributed by atoms with Crippen molar-refractivity contribution in [2.75, 3.05) is 171 Å². The summed E-state index contributed by atoms with van der Waals surface area (Å²) < 4.78 is 67.7. The van der Waals surface area contributed by atoms with Gasteiger partial charge in [0.15, 0.2) is 0 Å². The highest BCUT2D eigenvalue weighted by Gasteiger charge is 2.59. The van der Waals surface area contributed by atoms with E-state index in [0.29, 0.717) is 180 Å². The minimum absolute atomic E-state index is 0.141. The molecule has 76 heavy (non-hydrogen) atoms. The highest BCUT2D eigenvalue weighted by atomic mass is 32.2. The Balaban J connectivity index is 0.811. The molecule has 0 aliphatic heterocycles. The van der Waals surface area contributed by atoms with Gasteiger partial charge in [0.25, 0.3) is 0 Å². The molecule has 0 aromatic heterocycles. The number of primary amides is 1. The first-order valence-corrected chi connectivity index (χ1v) is 30.1. The van der Waals surface area contributed by atoms with Crippen molar-refractivity contribution < 1.29 is 66.4 Å². The van der Waals surface area contributed by atoms with Crippen molar-refractivity contribution in [2.24, 2.45) is 52.1 Å². The molecule has 4 N–H and O–H groups in total. The lowest BCUT2D eigenvalue weighted by molar-refractivity contribution is -0.119. The highest BCUT2D eigenvalue weighted by molar-refractivity contribution is 8.03. The number of carbonyl (C=O) groups excluding carboxylic acids is 2. The molecule has 4 aliphatic rings. The van der Waals surface area contributed by atoms with Crippen molar-refractivity contribution in [3.63, 3.8) is 0 Å². The van der Waals surface area contributed by atoms with Crippen molar-refractivity contribution in [1.29, 1.82) is 0 Å². The zero-order chi connectivity index (χ0) is 54.7. The van der Waals surface area contributed by atoms with Gasteiger partial charge in [-0.25, -0.2) is 0 Å². The van der Waals surface area contributed by atoms with Gasteiger partial charge in [0.05, 0.1) is 164 Å². The van der Waals surface area contributed by atoms with Crippen LogP contribution in [0.25, 0.3) is 0 Å². The average molecular weight is 1100 g/mol. The minimum atomic E-state index is -0.676. The van der Waals surface area contributed by atoms with Gasteiger partial charge in [-0.1, -0.05) is 72.1 Å². The van der Waals surface area contributed by atoms with Gasteiger partial charge < -0.3 is 73.2 Å². The Kier molecular flexibility index (Phi) is 34.8. The van der Waals surface area contributed by atoms with Crippen LogP contribution >= 0.6 is 11.8 Å². The molecule has 2 amide bonds. The van der Waals surface area contributed by atoms with E-state index >= 15 is 0 Å². The van der Waals surface area contributed by atoms with Crippen LogP contribution in [0.4, 0.5) is 0 Å². The third-order valence-electron chi connectivity index (χ3n) is 16.4. The normalized spacial score (nSPS) is 24.9. The van der Waals surface area contributed by atoms with Gasteiger partial charge >= 0.3 is 0 Å². The van der Waals surface area contributed by atoms with Gasteiger partial charge in [0.1, 0.15) is 6.04 Å². The number of rotatable bonds is 48. The number of allylic oxidation sites excluding steroid dienone is 1. The molecule has 4 aliphatic carbocycles. The molecule has 0 saturated heterocycles. The maximum Gasteiger partial charge on any atom is 0.239 e. The van der Waals surface area contributed by atoms with Crippen LogP contribution in [-0.2, 0) is 66.4 Å². The molecular weight excluding hydrogens is 995 g/mol. The molecule has 0 spiro atoms. The molecule has 3 saturated carbocycles. The standard InChI is InChI=1S/C58H105N3O14S/c1-45(2)9-8-10-46(3)51-13-14-52-50-12-11-48-43-49(15-17-57(48,5)53(50)16-18-58(51,52)6)75-42-41-74-40-39-73-38-37-72-36-35-71-34-33-70-32-31-69-30-29-68-28-27-67-26-25-66-24-23-65-22-21-64-20-19-61-54(62)44-76-47(4)55(60-7)56(59)63/h11,45-46,49-53,55,60H,4,8-10,12-44H2,1-3,5-7H3,(H2,59,63)(H,61,62)/t46?,49?,50?,51?,52?,53?,55-,57?,58?/m0/s1. The van der Waals surface area contributed by atoms with Gasteiger partial charge in [-0.05, 0) is 105 Å². The number of likely N-dealkylation sites (N-methyl/N-ethyl adjacent to an activating group) is 1. The molecule has 0 heterocycles. The zero-order valence-electron chi connectivity index (χ0n) is 48.1. The number of fused-ring (bicyclic) bond motifs is 5. The van der Waals surface area contributed by atoms with Gasteiger partial charge in [0.2, 0.25) is 11.8 Å². The number of amides is 2. The Hall–Kier alpha value is -1.75. The van der Waals surface area contributed by atoms with Gasteiger partial charge in [0, 0.05) is 11.4 Å². The zero-order valence-corrected chi connectivity index (χ0v) is 48.9. The number of hydrogen-bond acceptors (Lipinski definition) is 16. The van der Waals surface area contributed by atoms with Crippen LogP contribution in [0.15, 0.2) is 23.1 Å². The molecule has 17 nitrogen and oxygen atoms in total. The smallest absolute Gasteiger partial charge is 0.239 e. The van der Waals surface area contributed by atoms with E-state index in [4.69, 9.17) is 62.6 Å². The number of nitrogens with two attached hydrogens (primary N) is 1. The Morgan fingerprint density at radius 3 is 1.58 bits per heavy atom. The van der Waals surface area contributed by atoms with Crippen LogP contribution in [0.2, 0.25) is 0 Å². The van der Waals surface area contributed by atoms with Crippen LogP contribution in [-0.4, -0.2) is 195 Å². The first-order valence-electron chi connectivity index (χ1n) is 29.1. The number of hydrogen-bond donors (Lipinski definition) is 3. The fourth-order valence-electron chi connectivity index (χ4n) is 12.4. The lowest BCUT2D eigenvalue weighted by Gasteiger charge is -2.58. The fraction of sp³-hybridized carbons (Fsp3) is 0.897. The van der Waals surface area contributed by atoms with E-state index < -0.39 is 11.9 Å². The van der Waals surface area contributed by atoms with E-state index in [9.17, 15) is 9.59 Å². The summed E-state index contributed by atoms with van der Waals surface area (Å²) in [4.78, 5) is 23.8. The van der Waals surface area contributed by atoms with Gasteiger partial charge in [-0.3, -0.25) is 9.59 Å². The van der Waals surface area contributed by atoms with Crippen LogP contribution in [0.3, 0.4) is 0 Å². The third kappa shape index (κ3) is 24.9. The van der Waals surface area contributed by atoms with Crippen molar-refractivity contribution in [3.8, 4) is 0 Å². The monoisotopic (exact) mass is 1100 g/mol. The second kappa shape index (κ2) is 39.6.